The van der Waals surface area contributed by atoms with E-state index < -0.39 is 6.04 Å². The summed E-state index contributed by atoms with van der Waals surface area (Å²) in [5.41, 5.74) is 6.49. The van der Waals surface area contributed by atoms with Crippen molar-refractivity contribution in [2.24, 2.45) is 4.99 Å². The Morgan fingerprint density at radius 1 is 1.14 bits per heavy atom. The lowest BCUT2D eigenvalue weighted by Gasteiger charge is -2.08. The molecule has 8 heteroatoms. The zero-order valence-corrected chi connectivity index (χ0v) is 11.7. The van der Waals surface area contributed by atoms with Crippen LogP contribution in [0.5, 0.6) is 0 Å². The van der Waals surface area contributed by atoms with Gasteiger partial charge in [0.05, 0.1) is 6.61 Å². The van der Waals surface area contributed by atoms with Gasteiger partial charge in [-0.2, -0.15) is 0 Å². The number of nitrogens with zero attached hydrogens (tertiary/aromatic N) is 1. The van der Waals surface area contributed by atoms with Gasteiger partial charge in [0.15, 0.2) is 6.04 Å². The molecule has 2 aliphatic heterocycles. The summed E-state index contributed by atoms with van der Waals surface area (Å²) in [5.74, 6) is -0.380. The van der Waals surface area contributed by atoms with Gasteiger partial charge in [-0.3, -0.25) is 29.6 Å². The maximum absolute atomic E-state index is 11.3. The van der Waals surface area contributed by atoms with E-state index in [4.69, 9.17) is 9.68 Å². The van der Waals surface area contributed by atoms with Crippen molar-refractivity contribution in [1.29, 1.82) is 0 Å². The van der Waals surface area contributed by atoms with Crippen LogP contribution in [0, 0.1) is 0 Å². The van der Waals surface area contributed by atoms with Crippen molar-refractivity contribution < 1.29 is 19.3 Å². The third-order valence-corrected chi connectivity index (χ3v) is 3.39. The molecule has 2 fully saturated rings. The molecule has 0 spiro atoms. The normalized spacial score (nSPS) is 24.7. The molecular weight excluding hydrogens is 288 g/mol. The number of hydrogen-bond acceptors (Lipinski definition) is 6. The first-order chi connectivity index (χ1) is 10.7. The Bertz CT molecular complexity index is 587. The van der Waals surface area contributed by atoms with Crippen LogP contribution in [0.3, 0.4) is 0 Å². The van der Waals surface area contributed by atoms with E-state index in [0.29, 0.717) is 13.2 Å². The monoisotopic (exact) mass is 304 g/mol. The van der Waals surface area contributed by atoms with Crippen LogP contribution in [0.15, 0.2) is 29.3 Å². The number of hydroxylamine groups is 2. The second kappa shape index (κ2) is 6.65. The van der Waals surface area contributed by atoms with Gasteiger partial charge in [0.2, 0.25) is 0 Å². The van der Waals surface area contributed by atoms with E-state index in [2.05, 4.69) is 21.3 Å². The summed E-state index contributed by atoms with van der Waals surface area (Å²) in [6, 6.07) is 6.88. The molecular formula is C14H16N4O4. The number of amides is 2. The molecule has 2 aliphatic rings. The number of aliphatic imine (C=N–C) groups is 1. The Morgan fingerprint density at radius 2 is 1.86 bits per heavy atom. The molecule has 8 nitrogen and oxygen atoms in total. The molecule has 3 rings (SSSR count). The number of rotatable bonds is 5. The van der Waals surface area contributed by atoms with Crippen LogP contribution in [0.25, 0.3) is 0 Å². The standard InChI is InChI=1S/C14H16N4O4/c19-13-11(7-21-17-13)15-5-9-1-2-10(4-3-9)6-16-12-8-22-18-14(12)20/h1-5,11-12,16H,6-8H2,(H,17,19)(H,18,20). The maximum atomic E-state index is 11.3. The van der Waals surface area contributed by atoms with Gasteiger partial charge in [0.25, 0.3) is 11.8 Å². The lowest BCUT2D eigenvalue weighted by molar-refractivity contribution is -0.125. The minimum absolute atomic E-state index is 0.152. The first-order valence-corrected chi connectivity index (χ1v) is 6.91. The van der Waals surface area contributed by atoms with Crippen LogP contribution >= 0.6 is 0 Å². The molecule has 2 atom stereocenters. The Labute approximate surface area is 126 Å². The summed E-state index contributed by atoms with van der Waals surface area (Å²) in [6.45, 7) is 1.15. The molecule has 2 saturated heterocycles. The Morgan fingerprint density at radius 3 is 2.50 bits per heavy atom. The molecule has 0 saturated carbocycles. The minimum Gasteiger partial charge on any atom is -0.300 e. The van der Waals surface area contributed by atoms with Crippen molar-refractivity contribution in [3.05, 3.63) is 35.4 Å². The van der Waals surface area contributed by atoms with Crippen LogP contribution in [0.2, 0.25) is 0 Å². The van der Waals surface area contributed by atoms with Gasteiger partial charge in [-0.05, 0) is 11.1 Å². The van der Waals surface area contributed by atoms with Crippen molar-refractivity contribution in [2.75, 3.05) is 13.2 Å². The molecule has 0 aliphatic carbocycles. The highest BCUT2D eigenvalue weighted by Crippen LogP contribution is 2.06. The van der Waals surface area contributed by atoms with E-state index in [9.17, 15) is 9.59 Å². The molecule has 2 heterocycles. The largest absolute Gasteiger partial charge is 0.300 e. The van der Waals surface area contributed by atoms with Crippen molar-refractivity contribution >= 4 is 18.0 Å². The lowest BCUT2D eigenvalue weighted by Crippen LogP contribution is -2.37. The molecule has 0 radical (unpaired) electrons. The summed E-state index contributed by atoms with van der Waals surface area (Å²) >= 11 is 0. The van der Waals surface area contributed by atoms with E-state index in [0.717, 1.165) is 11.1 Å². The average Bonchev–Trinajstić information content (AvgIpc) is 3.12. The molecule has 0 aromatic heterocycles. The van der Waals surface area contributed by atoms with Gasteiger partial charge in [-0.15, -0.1) is 0 Å². The molecule has 2 amide bonds. The van der Waals surface area contributed by atoms with Gasteiger partial charge >= 0.3 is 0 Å². The van der Waals surface area contributed by atoms with Crippen LogP contribution in [-0.4, -0.2) is 43.3 Å². The van der Waals surface area contributed by atoms with Crippen molar-refractivity contribution in [3.63, 3.8) is 0 Å². The van der Waals surface area contributed by atoms with Crippen LogP contribution in [0.1, 0.15) is 11.1 Å². The zero-order chi connectivity index (χ0) is 15.4. The third-order valence-electron chi connectivity index (χ3n) is 3.39. The Hall–Kier alpha value is -2.29. The average molecular weight is 304 g/mol. The van der Waals surface area contributed by atoms with Gasteiger partial charge in [0, 0.05) is 12.8 Å². The molecule has 116 valence electrons. The summed E-state index contributed by atoms with van der Waals surface area (Å²) in [4.78, 5) is 36.4. The number of benzene rings is 1. The quantitative estimate of drug-likeness (QED) is 0.609. The fourth-order valence-electron chi connectivity index (χ4n) is 2.08. The Balaban J connectivity index is 1.52. The van der Waals surface area contributed by atoms with E-state index in [1.807, 2.05) is 24.3 Å². The highest BCUT2D eigenvalue weighted by Gasteiger charge is 2.25. The smallest absolute Gasteiger partial charge is 0.270 e. The maximum Gasteiger partial charge on any atom is 0.270 e. The topological polar surface area (TPSA) is 101 Å². The number of nitrogens with one attached hydrogen (secondary N) is 3. The molecule has 1 aromatic rings. The van der Waals surface area contributed by atoms with Crippen LogP contribution in [0.4, 0.5) is 0 Å². The Kier molecular flexibility index (Phi) is 4.42. The highest BCUT2D eigenvalue weighted by atomic mass is 16.7. The summed E-state index contributed by atoms with van der Waals surface area (Å²) in [6.07, 6.45) is 1.65. The number of carbonyl (C=O) groups excluding carboxylic acids is 2. The fourth-order valence-corrected chi connectivity index (χ4v) is 2.08. The second-order valence-corrected chi connectivity index (χ2v) is 5.02. The van der Waals surface area contributed by atoms with Gasteiger partial charge < -0.3 is 0 Å². The summed E-state index contributed by atoms with van der Waals surface area (Å²) < 4.78 is 0. The number of hydrogen-bond donors (Lipinski definition) is 3. The SMILES string of the molecule is O=C1NOCC1N=Cc1ccc(CNC2CONC2=O)cc1. The van der Waals surface area contributed by atoms with Crippen molar-refractivity contribution in [3.8, 4) is 0 Å². The highest BCUT2D eigenvalue weighted by molar-refractivity contribution is 5.87. The van der Waals surface area contributed by atoms with Gasteiger partial charge in [-0.25, -0.2) is 11.0 Å². The van der Waals surface area contributed by atoms with Gasteiger partial charge in [0.1, 0.15) is 12.6 Å². The predicted molar refractivity (Wildman–Crippen MR) is 76.6 cm³/mol. The van der Waals surface area contributed by atoms with Crippen molar-refractivity contribution in [2.45, 2.75) is 18.6 Å². The second-order valence-electron chi connectivity index (χ2n) is 5.02. The molecule has 1 aromatic carbocycles. The van der Waals surface area contributed by atoms with Crippen LogP contribution < -0.4 is 16.3 Å². The van der Waals surface area contributed by atoms with E-state index in [-0.39, 0.29) is 24.5 Å². The molecule has 2 unspecified atom stereocenters. The van der Waals surface area contributed by atoms with Crippen LogP contribution in [-0.2, 0) is 25.8 Å². The zero-order valence-electron chi connectivity index (χ0n) is 11.7. The van der Waals surface area contributed by atoms with Crippen molar-refractivity contribution in [1.82, 2.24) is 16.3 Å². The molecule has 0 bridgehead atoms. The lowest BCUT2D eigenvalue weighted by atomic mass is 10.1. The predicted octanol–water partition coefficient (Wildman–Crippen LogP) is -0.945. The van der Waals surface area contributed by atoms with Gasteiger partial charge in [-0.1, -0.05) is 24.3 Å². The van der Waals surface area contributed by atoms with E-state index in [1.165, 1.54) is 0 Å². The molecule has 3 N–H and O–H groups in total. The number of carbonyl (C=O) groups is 2. The summed E-state index contributed by atoms with van der Waals surface area (Å²) in [7, 11) is 0. The first-order valence-electron chi connectivity index (χ1n) is 6.91. The summed E-state index contributed by atoms with van der Waals surface area (Å²) in [5, 5.41) is 3.11. The molecule has 22 heavy (non-hydrogen) atoms. The third kappa shape index (κ3) is 3.48. The first kappa shape index (κ1) is 14.6. The van der Waals surface area contributed by atoms with E-state index in [1.54, 1.807) is 6.21 Å². The minimum atomic E-state index is -0.484. The fraction of sp³-hybridized carbons (Fsp3) is 0.357. The van der Waals surface area contributed by atoms with E-state index >= 15 is 0 Å².